The van der Waals surface area contributed by atoms with E-state index in [-0.39, 0.29) is 17.8 Å². The Hall–Kier alpha value is -8.73. The zero-order chi connectivity index (χ0) is 45.4. The van der Waals surface area contributed by atoms with Gasteiger partial charge in [-0.2, -0.15) is 0 Å². The van der Waals surface area contributed by atoms with E-state index in [1.807, 2.05) is 12.1 Å². The molecule has 324 valence electrons. The molecule has 0 bridgehead atoms. The number of hydrogen-bond donors (Lipinski definition) is 0. The summed E-state index contributed by atoms with van der Waals surface area (Å²) in [5, 5.41) is 2.23. The highest BCUT2D eigenvalue weighted by molar-refractivity contribution is 6.06. The Morgan fingerprint density at radius 1 is 0.368 bits per heavy atom. The van der Waals surface area contributed by atoms with Gasteiger partial charge in [0.1, 0.15) is 5.82 Å². The lowest BCUT2D eigenvalue weighted by atomic mass is 9.91. The second-order valence-corrected chi connectivity index (χ2v) is 17.4. The molecule has 1 aliphatic heterocycles. The number of fused-ring (bicyclic) bond motifs is 4. The van der Waals surface area contributed by atoms with E-state index < -0.39 is 0 Å². The molecule has 0 saturated heterocycles. The maximum absolute atomic E-state index is 14.6. The van der Waals surface area contributed by atoms with Crippen molar-refractivity contribution in [2.24, 2.45) is 0 Å². The Morgan fingerprint density at radius 3 is 1.44 bits per heavy atom. The second kappa shape index (κ2) is 17.6. The van der Waals surface area contributed by atoms with Gasteiger partial charge in [-0.3, -0.25) is 0 Å². The number of anilines is 8. The quantitative estimate of drug-likeness (QED) is 0.136. The molecule has 0 N–H and O–H groups in total. The van der Waals surface area contributed by atoms with Crippen LogP contribution >= 0.6 is 0 Å². The Labute approximate surface area is 397 Å². The van der Waals surface area contributed by atoms with Crippen LogP contribution in [0.3, 0.4) is 0 Å². The molecule has 0 spiro atoms. The van der Waals surface area contributed by atoms with E-state index >= 15 is 0 Å². The molecular weight excluding hydrogens is 830 g/mol. The summed E-state index contributed by atoms with van der Waals surface area (Å²) < 4.78 is 14.6. The predicted octanol–water partition coefficient (Wildman–Crippen LogP) is 17.6. The number of benzene rings is 10. The molecule has 10 aromatic rings. The van der Waals surface area contributed by atoms with Gasteiger partial charge in [0, 0.05) is 51.1 Å². The van der Waals surface area contributed by atoms with E-state index in [9.17, 15) is 4.39 Å². The van der Waals surface area contributed by atoms with E-state index in [1.165, 1.54) is 39.2 Å². The summed E-state index contributed by atoms with van der Waals surface area (Å²) in [6.07, 6.45) is 8.93. The van der Waals surface area contributed by atoms with Crippen LogP contribution in [0.15, 0.2) is 267 Å². The van der Waals surface area contributed by atoms with Gasteiger partial charge in [0.05, 0.1) is 11.7 Å². The Bertz CT molecular complexity index is 3360. The highest BCUT2D eigenvalue weighted by atomic mass is 19.1. The zero-order valence-electron chi connectivity index (χ0n) is 37.3. The zero-order valence-corrected chi connectivity index (χ0v) is 37.3. The van der Waals surface area contributed by atoms with Crippen molar-refractivity contribution in [3.05, 3.63) is 278 Å². The van der Waals surface area contributed by atoms with Crippen molar-refractivity contribution in [3.63, 3.8) is 0 Å². The lowest BCUT2D eigenvalue weighted by Crippen LogP contribution is -2.28. The maximum Gasteiger partial charge on any atom is 0.123 e. The lowest BCUT2D eigenvalue weighted by molar-refractivity contribution is 0.628. The normalized spacial score (nSPS) is 14.7. The van der Waals surface area contributed by atoms with Crippen LogP contribution in [0.25, 0.3) is 44.2 Å². The number of allylic oxidation sites excluding steroid dienone is 2. The fourth-order valence-electron chi connectivity index (χ4n) is 10.2. The molecule has 1 heterocycles. The Balaban J connectivity index is 0.930. The standard InChI is InChI=1S/C64H46FN3/c65-50-30-38-55(39-31-50)67(56-40-42-64-61(44-56)60-22-12-13-23-62(60)68(64)51-18-8-3-9-19-51)63-43-41-57(58-20-10-11-21-59(58)63)49-28-36-54(37-29-49)66(52-32-24-47(25-33-52)45-14-4-1-5-15-45)53-34-26-48(27-35-53)46-16-6-2-7-17-46/h1-44,60,62H. The molecule has 0 fully saturated rings. The molecule has 3 nitrogen and oxygen atoms in total. The molecule has 1 aliphatic carbocycles. The molecule has 2 unspecified atom stereocenters. The average Bonchev–Trinajstić information content (AvgIpc) is 3.74. The summed E-state index contributed by atoms with van der Waals surface area (Å²) >= 11 is 0. The van der Waals surface area contributed by atoms with Gasteiger partial charge >= 0.3 is 0 Å². The fraction of sp³-hybridized carbons (Fsp3) is 0.0312. The smallest absolute Gasteiger partial charge is 0.123 e. The summed E-state index contributed by atoms with van der Waals surface area (Å²) in [7, 11) is 0. The molecule has 12 rings (SSSR count). The third-order valence-corrected chi connectivity index (χ3v) is 13.5. The first-order valence-corrected chi connectivity index (χ1v) is 23.3. The molecule has 0 saturated carbocycles. The van der Waals surface area contributed by atoms with Crippen molar-refractivity contribution in [2.45, 2.75) is 12.0 Å². The number of rotatable bonds is 10. The molecule has 68 heavy (non-hydrogen) atoms. The van der Waals surface area contributed by atoms with Crippen molar-refractivity contribution < 1.29 is 4.39 Å². The van der Waals surface area contributed by atoms with E-state index in [1.54, 1.807) is 12.1 Å². The second-order valence-electron chi connectivity index (χ2n) is 17.4. The first-order chi connectivity index (χ1) is 33.6. The van der Waals surface area contributed by atoms with Crippen LogP contribution in [0.4, 0.5) is 49.9 Å². The largest absolute Gasteiger partial charge is 0.333 e. The maximum atomic E-state index is 14.6. The highest BCUT2D eigenvalue weighted by Gasteiger charge is 2.38. The van der Waals surface area contributed by atoms with Crippen LogP contribution < -0.4 is 14.7 Å². The van der Waals surface area contributed by atoms with Gasteiger partial charge in [0.15, 0.2) is 0 Å². The first kappa shape index (κ1) is 40.8. The van der Waals surface area contributed by atoms with Crippen LogP contribution in [0.5, 0.6) is 0 Å². The van der Waals surface area contributed by atoms with Gasteiger partial charge in [-0.15, -0.1) is 0 Å². The fourth-order valence-corrected chi connectivity index (χ4v) is 10.2. The number of para-hydroxylation sites is 1. The van der Waals surface area contributed by atoms with Crippen molar-refractivity contribution in [1.82, 2.24) is 0 Å². The van der Waals surface area contributed by atoms with Crippen LogP contribution in [0, 0.1) is 5.82 Å². The van der Waals surface area contributed by atoms with Gasteiger partial charge in [-0.1, -0.05) is 170 Å². The van der Waals surface area contributed by atoms with E-state index in [4.69, 9.17) is 0 Å². The first-order valence-electron chi connectivity index (χ1n) is 23.3. The van der Waals surface area contributed by atoms with Gasteiger partial charge in [0.25, 0.3) is 0 Å². The average molecular weight is 876 g/mol. The molecule has 10 aromatic carbocycles. The van der Waals surface area contributed by atoms with Crippen LogP contribution in [0.2, 0.25) is 0 Å². The van der Waals surface area contributed by atoms with E-state index in [0.717, 1.165) is 56.0 Å². The molecule has 0 aromatic heterocycles. The molecule has 2 atom stereocenters. The third kappa shape index (κ3) is 7.52. The van der Waals surface area contributed by atoms with Crippen LogP contribution in [-0.2, 0) is 0 Å². The summed E-state index contributed by atoms with van der Waals surface area (Å²) in [6.45, 7) is 0. The van der Waals surface area contributed by atoms with Gasteiger partial charge in [-0.05, 0) is 141 Å². The SMILES string of the molecule is Fc1ccc(N(c2ccc3c(c2)C2C=CC=CC2N3c2ccccc2)c2ccc(-c3ccc(N(c4ccc(-c5ccccc5)cc4)c4ccc(-c5ccccc5)cc4)cc3)c3ccccc23)cc1. The number of nitrogens with zero attached hydrogens (tertiary/aromatic N) is 3. The van der Waals surface area contributed by atoms with E-state index in [0.29, 0.717) is 0 Å². The van der Waals surface area contributed by atoms with Gasteiger partial charge in [-0.25, -0.2) is 4.39 Å². The van der Waals surface area contributed by atoms with Crippen LogP contribution in [0.1, 0.15) is 11.5 Å². The van der Waals surface area contributed by atoms with E-state index in [2.05, 4.69) is 257 Å². The van der Waals surface area contributed by atoms with Crippen molar-refractivity contribution in [1.29, 1.82) is 0 Å². The summed E-state index contributed by atoms with van der Waals surface area (Å²) in [5.74, 6) is -0.0794. The third-order valence-electron chi connectivity index (χ3n) is 13.5. The van der Waals surface area contributed by atoms with Crippen molar-refractivity contribution in [2.75, 3.05) is 14.7 Å². The highest BCUT2D eigenvalue weighted by Crippen LogP contribution is 2.51. The van der Waals surface area contributed by atoms with Gasteiger partial charge in [0.2, 0.25) is 0 Å². The molecular formula is C64H46FN3. The number of hydrogen-bond acceptors (Lipinski definition) is 3. The van der Waals surface area contributed by atoms with Crippen molar-refractivity contribution in [3.8, 4) is 33.4 Å². The minimum Gasteiger partial charge on any atom is -0.333 e. The minimum atomic E-state index is -0.265. The molecule has 0 amide bonds. The monoisotopic (exact) mass is 875 g/mol. The minimum absolute atomic E-state index is 0.172. The Morgan fingerprint density at radius 2 is 0.838 bits per heavy atom. The molecule has 2 aliphatic rings. The lowest BCUT2D eigenvalue weighted by Gasteiger charge is -2.29. The topological polar surface area (TPSA) is 9.72 Å². The van der Waals surface area contributed by atoms with Crippen molar-refractivity contribution >= 4 is 56.3 Å². The van der Waals surface area contributed by atoms with Gasteiger partial charge < -0.3 is 14.7 Å². The summed E-state index contributed by atoms with van der Waals surface area (Å²) in [6, 6.07) is 85.2. The van der Waals surface area contributed by atoms with Crippen LogP contribution in [-0.4, -0.2) is 6.04 Å². The summed E-state index contributed by atoms with van der Waals surface area (Å²) in [4.78, 5) is 7.05. The molecule has 4 heteroatoms. The predicted molar refractivity (Wildman–Crippen MR) is 283 cm³/mol. The molecule has 0 radical (unpaired) electrons. The Kier molecular flexibility index (Phi) is 10.5. The summed E-state index contributed by atoms with van der Waals surface area (Å²) in [5.41, 5.74) is 16.7. The number of halogens is 1.